The summed E-state index contributed by atoms with van der Waals surface area (Å²) in [5.74, 6) is 1.02. The van der Waals surface area contributed by atoms with Gasteiger partial charge in [-0.25, -0.2) is 0 Å². The quantitative estimate of drug-likeness (QED) is 0.779. The van der Waals surface area contributed by atoms with Crippen LogP contribution in [0.1, 0.15) is 65.7 Å². The number of fused-ring (bicyclic) bond motifs is 1. The molecule has 0 bridgehead atoms. The summed E-state index contributed by atoms with van der Waals surface area (Å²) < 4.78 is 0. The molecule has 18 heavy (non-hydrogen) atoms. The topological polar surface area (TPSA) is 15.3 Å². The second-order valence-corrected chi connectivity index (χ2v) is 6.41. The Balaban J connectivity index is 1.80. The van der Waals surface area contributed by atoms with Crippen molar-refractivity contribution < 1.29 is 0 Å². The molecule has 0 aromatic carbocycles. The zero-order valence-electron chi connectivity index (χ0n) is 12.6. The minimum absolute atomic E-state index is 0.720. The summed E-state index contributed by atoms with van der Waals surface area (Å²) in [5.41, 5.74) is 0. The molecule has 2 nitrogen and oxygen atoms in total. The van der Waals surface area contributed by atoms with Crippen LogP contribution < -0.4 is 5.32 Å². The third kappa shape index (κ3) is 3.27. The Morgan fingerprint density at radius 3 is 2.56 bits per heavy atom. The first-order chi connectivity index (χ1) is 8.76. The summed E-state index contributed by atoms with van der Waals surface area (Å²) in [5, 5.41) is 3.75. The molecule has 106 valence electrons. The van der Waals surface area contributed by atoms with Gasteiger partial charge in [0.15, 0.2) is 0 Å². The highest BCUT2D eigenvalue weighted by Gasteiger charge is 2.37. The highest BCUT2D eigenvalue weighted by Crippen LogP contribution is 2.37. The number of rotatable bonds is 6. The molecule has 2 rings (SSSR count). The van der Waals surface area contributed by atoms with Gasteiger partial charge in [-0.3, -0.25) is 4.90 Å². The van der Waals surface area contributed by atoms with Crippen molar-refractivity contribution in [2.24, 2.45) is 5.92 Å². The van der Waals surface area contributed by atoms with Crippen molar-refractivity contribution >= 4 is 0 Å². The zero-order chi connectivity index (χ0) is 13.0. The average molecular weight is 252 g/mol. The molecule has 1 N–H and O–H groups in total. The lowest BCUT2D eigenvalue weighted by Gasteiger charge is -2.36. The molecule has 0 spiro atoms. The summed E-state index contributed by atoms with van der Waals surface area (Å²) in [6.45, 7) is 9.53. The van der Waals surface area contributed by atoms with Crippen LogP contribution in [0.2, 0.25) is 0 Å². The summed E-state index contributed by atoms with van der Waals surface area (Å²) in [7, 11) is 0. The second-order valence-electron chi connectivity index (χ2n) is 6.41. The maximum absolute atomic E-state index is 3.75. The number of likely N-dealkylation sites (tertiary alicyclic amines) is 1. The van der Waals surface area contributed by atoms with E-state index in [0.717, 1.165) is 24.0 Å². The van der Waals surface area contributed by atoms with E-state index in [9.17, 15) is 0 Å². The van der Waals surface area contributed by atoms with Crippen molar-refractivity contribution in [2.45, 2.75) is 83.8 Å². The first-order valence-electron chi connectivity index (χ1n) is 8.25. The predicted octanol–water partition coefficient (Wildman–Crippen LogP) is 3.42. The Kier molecular flexibility index (Phi) is 5.50. The van der Waals surface area contributed by atoms with Gasteiger partial charge in [0.25, 0.3) is 0 Å². The molecule has 2 fully saturated rings. The summed E-state index contributed by atoms with van der Waals surface area (Å²) >= 11 is 0. The lowest BCUT2D eigenvalue weighted by Crippen LogP contribution is -2.46. The van der Waals surface area contributed by atoms with Crippen LogP contribution in [0.4, 0.5) is 0 Å². The van der Waals surface area contributed by atoms with E-state index in [4.69, 9.17) is 0 Å². The third-order valence-corrected chi connectivity index (χ3v) is 5.31. The van der Waals surface area contributed by atoms with E-state index in [0.29, 0.717) is 0 Å². The lowest BCUT2D eigenvalue weighted by molar-refractivity contribution is 0.136. The average Bonchev–Trinajstić information content (AvgIpc) is 2.83. The maximum Gasteiger partial charge on any atom is 0.0195 e. The Morgan fingerprint density at radius 1 is 1.11 bits per heavy atom. The van der Waals surface area contributed by atoms with Crippen LogP contribution in [0.5, 0.6) is 0 Å². The first kappa shape index (κ1) is 14.3. The van der Waals surface area contributed by atoms with Gasteiger partial charge < -0.3 is 5.32 Å². The number of nitrogens with zero attached hydrogens (tertiary/aromatic N) is 1. The van der Waals surface area contributed by atoms with Gasteiger partial charge in [0.1, 0.15) is 0 Å². The molecule has 1 aliphatic carbocycles. The Hall–Kier alpha value is -0.0800. The Morgan fingerprint density at radius 2 is 1.83 bits per heavy atom. The van der Waals surface area contributed by atoms with Crippen LogP contribution >= 0.6 is 0 Å². The van der Waals surface area contributed by atoms with Crippen LogP contribution in [-0.2, 0) is 0 Å². The van der Waals surface area contributed by atoms with Crippen LogP contribution in [0.3, 0.4) is 0 Å². The lowest BCUT2D eigenvalue weighted by atomic mass is 9.85. The highest BCUT2D eigenvalue weighted by molar-refractivity contribution is 4.92. The van der Waals surface area contributed by atoms with Crippen LogP contribution in [0.25, 0.3) is 0 Å². The largest absolute Gasteiger partial charge is 0.312 e. The predicted molar refractivity (Wildman–Crippen MR) is 78.9 cm³/mol. The molecule has 1 saturated carbocycles. The van der Waals surface area contributed by atoms with Gasteiger partial charge in [-0.1, -0.05) is 26.7 Å². The van der Waals surface area contributed by atoms with Crippen molar-refractivity contribution in [2.75, 3.05) is 13.1 Å². The van der Waals surface area contributed by atoms with E-state index in [1.165, 1.54) is 58.0 Å². The molecule has 2 heteroatoms. The monoisotopic (exact) mass is 252 g/mol. The molecule has 0 aromatic rings. The fourth-order valence-electron chi connectivity index (χ4n) is 4.02. The van der Waals surface area contributed by atoms with E-state index in [1.54, 1.807) is 0 Å². The SMILES string of the molecule is CCC(CC)NCC(C)N1CCC2CCCCC21. The molecule has 2 aliphatic rings. The van der Waals surface area contributed by atoms with Gasteiger partial charge in [-0.2, -0.15) is 0 Å². The second kappa shape index (κ2) is 6.91. The molecule has 3 unspecified atom stereocenters. The van der Waals surface area contributed by atoms with E-state index in [1.807, 2.05) is 0 Å². The van der Waals surface area contributed by atoms with Gasteiger partial charge in [0.05, 0.1) is 0 Å². The molecule has 1 aliphatic heterocycles. The molecule has 1 saturated heterocycles. The van der Waals surface area contributed by atoms with Gasteiger partial charge in [0, 0.05) is 24.7 Å². The zero-order valence-corrected chi connectivity index (χ0v) is 12.6. The van der Waals surface area contributed by atoms with Gasteiger partial charge in [-0.05, 0) is 51.5 Å². The fraction of sp³-hybridized carbons (Fsp3) is 1.00. The van der Waals surface area contributed by atoms with Crippen molar-refractivity contribution in [3.8, 4) is 0 Å². The number of hydrogen-bond acceptors (Lipinski definition) is 2. The maximum atomic E-state index is 3.75. The molecule has 1 heterocycles. The van der Waals surface area contributed by atoms with E-state index in [-0.39, 0.29) is 0 Å². The van der Waals surface area contributed by atoms with Gasteiger partial charge in [0.2, 0.25) is 0 Å². The molecule has 3 atom stereocenters. The van der Waals surface area contributed by atoms with Gasteiger partial charge >= 0.3 is 0 Å². The Bertz CT molecular complexity index is 237. The molecule has 0 aromatic heterocycles. The molecule has 0 amide bonds. The van der Waals surface area contributed by atoms with E-state index >= 15 is 0 Å². The highest BCUT2D eigenvalue weighted by atomic mass is 15.2. The normalized spacial score (nSPS) is 30.7. The molecular weight excluding hydrogens is 220 g/mol. The minimum atomic E-state index is 0.720. The van der Waals surface area contributed by atoms with Crippen molar-refractivity contribution in [3.05, 3.63) is 0 Å². The summed E-state index contributed by atoms with van der Waals surface area (Å²) in [6.07, 6.45) is 9.87. The first-order valence-corrected chi connectivity index (χ1v) is 8.25. The Labute approximate surface area is 114 Å². The van der Waals surface area contributed by atoms with Crippen molar-refractivity contribution in [1.82, 2.24) is 10.2 Å². The van der Waals surface area contributed by atoms with E-state index in [2.05, 4.69) is 31.0 Å². The van der Waals surface area contributed by atoms with Crippen molar-refractivity contribution in [1.29, 1.82) is 0 Å². The smallest absolute Gasteiger partial charge is 0.0195 e. The number of hydrogen-bond donors (Lipinski definition) is 1. The van der Waals surface area contributed by atoms with Crippen molar-refractivity contribution in [3.63, 3.8) is 0 Å². The molecule has 0 radical (unpaired) electrons. The number of nitrogens with one attached hydrogen (secondary N) is 1. The fourth-order valence-corrected chi connectivity index (χ4v) is 4.02. The summed E-state index contributed by atoms with van der Waals surface area (Å²) in [4.78, 5) is 2.80. The van der Waals surface area contributed by atoms with Crippen LogP contribution in [-0.4, -0.2) is 36.1 Å². The minimum Gasteiger partial charge on any atom is -0.312 e. The van der Waals surface area contributed by atoms with Gasteiger partial charge in [-0.15, -0.1) is 0 Å². The van der Waals surface area contributed by atoms with E-state index < -0.39 is 0 Å². The third-order valence-electron chi connectivity index (χ3n) is 5.31. The molecular formula is C16H32N2. The van der Waals surface area contributed by atoms with Crippen LogP contribution in [0.15, 0.2) is 0 Å². The van der Waals surface area contributed by atoms with Crippen LogP contribution in [0, 0.1) is 5.92 Å². The standard InChI is InChI=1S/C16H32N2/c1-4-15(5-2)17-12-13(3)18-11-10-14-8-6-7-9-16(14)18/h13-17H,4-12H2,1-3H3. The summed E-state index contributed by atoms with van der Waals surface area (Å²) in [6, 6.07) is 2.35.